The number of aryl methyl sites for hydroxylation is 1. The van der Waals surface area contributed by atoms with E-state index in [0.717, 1.165) is 20.9 Å². The number of hydrogen-bond donors (Lipinski definition) is 1. The van der Waals surface area contributed by atoms with E-state index in [1.54, 1.807) is 11.3 Å². The number of amides is 1. The lowest BCUT2D eigenvalue weighted by atomic mass is 10.3. The van der Waals surface area contributed by atoms with Crippen molar-refractivity contribution in [2.45, 2.75) is 6.92 Å². The van der Waals surface area contributed by atoms with Gasteiger partial charge in [0, 0.05) is 5.69 Å². The molecule has 4 nitrogen and oxygen atoms in total. The quantitative estimate of drug-likeness (QED) is 0.800. The Labute approximate surface area is 126 Å². The third-order valence-electron chi connectivity index (χ3n) is 2.89. The lowest BCUT2D eigenvalue weighted by Gasteiger charge is -2.07. The molecule has 5 heteroatoms. The van der Waals surface area contributed by atoms with Crippen molar-refractivity contribution in [3.63, 3.8) is 0 Å². The first-order valence-electron chi connectivity index (χ1n) is 6.55. The second kappa shape index (κ2) is 5.93. The standard InChI is InChI=1S/C16H14N2O2S/c1-11-17-14-9-12(7-8-15(14)21-11)18-16(19)10-20-13-5-3-2-4-6-13/h2-9H,10H2,1H3,(H,18,19). The minimum Gasteiger partial charge on any atom is -0.484 e. The molecule has 3 aromatic rings. The van der Waals surface area contributed by atoms with E-state index in [9.17, 15) is 4.79 Å². The van der Waals surface area contributed by atoms with Crippen molar-refractivity contribution < 1.29 is 9.53 Å². The molecule has 0 fully saturated rings. The molecule has 0 saturated heterocycles. The van der Waals surface area contributed by atoms with Crippen LogP contribution in [0.5, 0.6) is 5.75 Å². The summed E-state index contributed by atoms with van der Waals surface area (Å²) in [6.07, 6.45) is 0. The SMILES string of the molecule is Cc1nc2cc(NC(=O)COc3ccccc3)ccc2s1. The molecular weight excluding hydrogens is 284 g/mol. The highest BCUT2D eigenvalue weighted by molar-refractivity contribution is 7.18. The van der Waals surface area contributed by atoms with Crippen LogP contribution >= 0.6 is 11.3 Å². The first-order chi connectivity index (χ1) is 10.2. The van der Waals surface area contributed by atoms with Gasteiger partial charge in [0.1, 0.15) is 5.75 Å². The minimum absolute atomic E-state index is 0.0157. The van der Waals surface area contributed by atoms with Gasteiger partial charge in [-0.1, -0.05) is 18.2 Å². The number of ether oxygens (including phenoxy) is 1. The number of nitrogens with zero attached hydrogens (tertiary/aromatic N) is 1. The van der Waals surface area contributed by atoms with E-state index < -0.39 is 0 Å². The highest BCUT2D eigenvalue weighted by atomic mass is 32.1. The second-order valence-electron chi connectivity index (χ2n) is 4.57. The number of hydrogen-bond acceptors (Lipinski definition) is 4. The second-order valence-corrected chi connectivity index (χ2v) is 5.80. The summed E-state index contributed by atoms with van der Waals surface area (Å²) >= 11 is 1.64. The molecule has 1 heterocycles. The molecular formula is C16H14N2O2S. The number of nitrogens with one attached hydrogen (secondary N) is 1. The van der Waals surface area contributed by atoms with Crippen LogP contribution in [0.15, 0.2) is 48.5 Å². The summed E-state index contributed by atoms with van der Waals surface area (Å²) in [6.45, 7) is 1.95. The molecule has 1 aromatic heterocycles. The highest BCUT2D eigenvalue weighted by Gasteiger charge is 2.06. The molecule has 1 amide bonds. The minimum atomic E-state index is -0.190. The molecule has 0 aliphatic rings. The molecule has 1 N–H and O–H groups in total. The number of carbonyl (C=O) groups excluding carboxylic acids is 1. The van der Waals surface area contributed by atoms with Gasteiger partial charge in [0.2, 0.25) is 0 Å². The van der Waals surface area contributed by atoms with Gasteiger partial charge in [0.25, 0.3) is 5.91 Å². The summed E-state index contributed by atoms with van der Waals surface area (Å²) in [5.41, 5.74) is 1.63. The summed E-state index contributed by atoms with van der Waals surface area (Å²) < 4.78 is 6.52. The Morgan fingerprint density at radius 1 is 1.24 bits per heavy atom. The molecule has 3 rings (SSSR count). The summed E-state index contributed by atoms with van der Waals surface area (Å²) in [5, 5.41) is 3.83. The van der Waals surface area contributed by atoms with Crippen LogP contribution in [0.25, 0.3) is 10.2 Å². The van der Waals surface area contributed by atoms with Gasteiger partial charge < -0.3 is 10.1 Å². The number of fused-ring (bicyclic) bond motifs is 1. The van der Waals surface area contributed by atoms with Crippen molar-refractivity contribution in [2.75, 3.05) is 11.9 Å². The zero-order chi connectivity index (χ0) is 14.7. The molecule has 0 radical (unpaired) electrons. The maximum atomic E-state index is 11.9. The van der Waals surface area contributed by atoms with Gasteiger partial charge in [-0.15, -0.1) is 11.3 Å². The molecule has 0 aliphatic heterocycles. The third-order valence-corrected chi connectivity index (χ3v) is 3.84. The molecule has 106 valence electrons. The van der Waals surface area contributed by atoms with Crippen molar-refractivity contribution >= 4 is 33.1 Å². The molecule has 0 saturated carbocycles. The van der Waals surface area contributed by atoms with Gasteiger partial charge in [-0.3, -0.25) is 4.79 Å². The molecule has 0 atom stereocenters. The number of anilines is 1. The zero-order valence-corrected chi connectivity index (χ0v) is 12.3. The largest absolute Gasteiger partial charge is 0.484 e. The van der Waals surface area contributed by atoms with Gasteiger partial charge >= 0.3 is 0 Å². The van der Waals surface area contributed by atoms with E-state index in [1.807, 2.05) is 55.5 Å². The number of para-hydroxylation sites is 1. The lowest BCUT2D eigenvalue weighted by molar-refractivity contribution is -0.118. The number of carbonyl (C=O) groups is 1. The third kappa shape index (κ3) is 3.38. The molecule has 2 aromatic carbocycles. The summed E-state index contributed by atoms with van der Waals surface area (Å²) in [5.74, 6) is 0.489. The van der Waals surface area contributed by atoms with Crippen LogP contribution in [-0.2, 0) is 4.79 Å². The molecule has 0 aliphatic carbocycles. The summed E-state index contributed by atoms with van der Waals surface area (Å²) in [4.78, 5) is 16.3. The molecule has 0 spiro atoms. The number of rotatable bonds is 4. The first kappa shape index (κ1) is 13.6. The fourth-order valence-electron chi connectivity index (χ4n) is 1.98. The van der Waals surface area contributed by atoms with E-state index in [1.165, 1.54) is 0 Å². The Bertz CT molecular complexity index is 768. The van der Waals surface area contributed by atoms with Crippen LogP contribution in [0.4, 0.5) is 5.69 Å². The van der Waals surface area contributed by atoms with Crippen LogP contribution in [0.3, 0.4) is 0 Å². The number of aromatic nitrogens is 1. The van der Waals surface area contributed by atoms with Crippen molar-refractivity contribution in [2.24, 2.45) is 0 Å². The predicted octanol–water partition coefficient (Wildman–Crippen LogP) is 3.62. The Balaban J connectivity index is 1.63. The summed E-state index contributed by atoms with van der Waals surface area (Å²) in [7, 11) is 0. The zero-order valence-electron chi connectivity index (χ0n) is 11.5. The van der Waals surface area contributed by atoms with Gasteiger partial charge in [-0.05, 0) is 37.3 Å². The Morgan fingerprint density at radius 3 is 2.86 bits per heavy atom. The molecule has 0 bridgehead atoms. The number of thiazole rings is 1. The predicted molar refractivity (Wildman–Crippen MR) is 84.9 cm³/mol. The van der Waals surface area contributed by atoms with E-state index in [-0.39, 0.29) is 12.5 Å². The topological polar surface area (TPSA) is 51.2 Å². The van der Waals surface area contributed by atoms with Crippen LogP contribution in [-0.4, -0.2) is 17.5 Å². The van der Waals surface area contributed by atoms with Gasteiger partial charge in [-0.2, -0.15) is 0 Å². The van der Waals surface area contributed by atoms with Crippen LogP contribution in [0, 0.1) is 6.92 Å². The van der Waals surface area contributed by atoms with Crippen LogP contribution in [0.2, 0.25) is 0 Å². The van der Waals surface area contributed by atoms with Crippen molar-refractivity contribution in [3.05, 3.63) is 53.5 Å². The molecule has 0 unspecified atom stereocenters. The first-order valence-corrected chi connectivity index (χ1v) is 7.37. The maximum absolute atomic E-state index is 11.9. The molecule has 21 heavy (non-hydrogen) atoms. The Hall–Kier alpha value is -2.40. The van der Waals surface area contributed by atoms with Gasteiger partial charge in [0.05, 0.1) is 15.2 Å². The Kier molecular flexibility index (Phi) is 3.83. The van der Waals surface area contributed by atoms with Crippen LogP contribution < -0.4 is 10.1 Å². The maximum Gasteiger partial charge on any atom is 0.262 e. The fourth-order valence-corrected chi connectivity index (χ4v) is 2.79. The Morgan fingerprint density at radius 2 is 2.05 bits per heavy atom. The smallest absolute Gasteiger partial charge is 0.262 e. The van der Waals surface area contributed by atoms with E-state index in [2.05, 4.69) is 10.3 Å². The lowest BCUT2D eigenvalue weighted by Crippen LogP contribution is -2.20. The van der Waals surface area contributed by atoms with Gasteiger partial charge in [0.15, 0.2) is 6.61 Å². The summed E-state index contributed by atoms with van der Waals surface area (Å²) in [6, 6.07) is 15.0. The van der Waals surface area contributed by atoms with Gasteiger partial charge in [-0.25, -0.2) is 4.98 Å². The van der Waals surface area contributed by atoms with Crippen molar-refractivity contribution in [1.82, 2.24) is 4.98 Å². The van der Waals surface area contributed by atoms with E-state index in [0.29, 0.717) is 5.75 Å². The number of benzene rings is 2. The van der Waals surface area contributed by atoms with Crippen LogP contribution in [0.1, 0.15) is 5.01 Å². The average molecular weight is 298 g/mol. The normalized spacial score (nSPS) is 10.5. The van der Waals surface area contributed by atoms with E-state index >= 15 is 0 Å². The highest BCUT2D eigenvalue weighted by Crippen LogP contribution is 2.24. The van der Waals surface area contributed by atoms with E-state index in [4.69, 9.17) is 4.74 Å². The van der Waals surface area contributed by atoms with Crippen molar-refractivity contribution in [1.29, 1.82) is 0 Å². The fraction of sp³-hybridized carbons (Fsp3) is 0.125. The van der Waals surface area contributed by atoms with Crippen molar-refractivity contribution in [3.8, 4) is 5.75 Å². The average Bonchev–Trinajstić information content (AvgIpc) is 2.85. The monoisotopic (exact) mass is 298 g/mol.